The monoisotopic (exact) mass is 762 g/mol. The standard InChI is InChI=1S/C51H30N4S2/c1-3-13-31(14-4-1)49-52-50(32-15-5-2-6-16-32)54-51(53-49)40-21-12-24-45-47(40)39-27-25-33(29-46(39)56-45)35-19-11-20-38-41-30-34(26-28-44(41)57-48(35)38)55-42-22-9-7-17-36(42)37-18-8-10-23-43(37)55/h1-30H. The summed E-state index contributed by atoms with van der Waals surface area (Å²) in [6, 6.07) is 64.9. The van der Waals surface area contributed by atoms with E-state index in [0.29, 0.717) is 17.5 Å². The van der Waals surface area contributed by atoms with Crippen LogP contribution in [-0.4, -0.2) is 19.5 Å². The SMILES string of the molecule is c1ccc(-c2nc(-c3ccccc3)nc(-c3cccc4sc5cc(-c6cccc7c6sc6ccc(-n8c9ccccc9c9ccccc98)cc67)ccc5c34)n2)cc1. The Hall–Kier alpha value is -6.99. The predicted octanol–water partition coefficient (Wildman–Crippen LogP) is 14.4. The molecule has 57 heavy (non-hydrogen) atoms. The summed E-state index contributed by atoms with van der Waals surface area (Å²) in [5.74, 6) is 2.00. The van der Waals surface area contributed by atoms with Gasteiger partial charge < -0.3 is 4.57 Å². The topological polar surface area (TPSA) is 43.6 Å². The van der Waals surface area contributed by atoms with Crippen molar-refractivity contribution in [1.82, 2.24) is 19.5 Å². The van der Waals surface area contributed by atoms with Crippen molar-refractivity contribution < 1.29 is 0 Å². The first-order valence-electron chi connectivity index (χ1n) is 19.0. The van der Waals surface area contributed by atoms with Crippen LogP contribution in [0.1, 0.15) is 0 Å². The average Bonchev–Trinajstić information content (AvgIpc) is 3.96. The van der Waals surface area contributed by atoms with Crippen LogP contribution in [-0.2, 0) is 0 Å². The number of nitrogens with zero attached hydrogens (tertiary/aromatic N) is 4. The van der Waals surface area contributed by atoms with E-state index in [4.69, 9.17) is 15.0 Å². The van der Waals surface area contributed by atoms with Crippen LogP contribution in [0.3, 0.4) is 0 Å². The molecule has 0 unspecified atom stereocenters. The summed E-state index contributed by atoms with van der Waals surface area (Å²) in [5, 5.41) is 7.49. The van der Waals surface area contributed by atoms with Gasteiger partial charge in [-0.1, -0.05) is 140 Å². The lowest BCUT2D eigenvalue weighted by Gasteiger charge is -2.09. The Labute approximate surface area is 335 Å². The van der Waals surface area contributed by atoms with Gasteiger partial charge in [0.25, 0.3) is 0 Å². The van der Waals surface area contributed by atoms with Crippen LogP contribution in [0.5, 0.6) is 0 Å². The van der Waals surface area contributed by atoms with Crippen LogP contribution in [0.25, 0.3) is 113 Å². The maximum atomic E-state index is 5.09. The molecule has 12 rings (SSSR count). The van der Waals surface area contributed by atoms with Gasteiger partial charge >= 0.3 is 0 Å². The van der Waals surface area contributed by atoms with E-state index >= 15 is 0 Å². The van der Waals surface area contributed by atoms with Crippen molar-refractivity contribution in [3.63, 3.8) is 0 Å². The molecule has 0 amide bonds. The normalized spacial score (nSPS) is 11.9. The minimum Gasteiger partial charge on any atom is -0.309 e. The van der Waals surface area contributed by atoms with Crippen molar-refractivity contribution in [3.05, 3.63) is 182 Å². The Kier molecular flexibility index (Phi) is 7.24. The molecule has 0 fully saturated rings. The first kappa shape index (κ1) is 32.3. The zero-order chi connectivity index (χ0) is 37.5. The minimum absolute atomic E-state index is 0.664. The van der Waals surface area contributed by atoms with Gasteiger partial charge in [-0.05, 0) is 53.6 Å². The summed E-state index contributed by atoms with van der Waals surface area (Å²) in [6.45, 7) is 0. The third-order valence-electron chi connectivity index (χ3n) is 11.1. The van der Waals surface area contributed by atoms with Gasteiger partial charge in [0, 0.05) is 73.5 Å². The number of aromatic nitrogens is 4. The molecule has 12 aromatic rings. The lowest BCUT2D eigenvalue weighted by atomic mass is 10.00. The number of rotatable bonds is 5. The van der Waals surface area contributed by atoms with Gasteiger partial charge in [-0.3, -0.25) is 0 Å². The zero-order valence-electron chi connectivity index (χ0n) is 30.4. The summed E-state index contributed by atoms with van der Waals surface area (Å²) >= 11 is 3.70. The molecule has 0 bridgehead atoms. The number of hydrogen-bond acceptors (Lipinski definition) is 5. The van der Waals surface area contributed by atoms with Crippen molar-refractivity contribution >= 4 is 84.8 Å². The summed E-state index contributed by atoms with van der Waals surface area (Å²) in [5.41, 5.74) is 9.03. The average molecular weight is 763 g/mol. The third kappa shape index (κ3) is 5.15. The van der Waals surface area contributed by atoms with Crippen molar-refractivity contribution in [2.75, 3.05) is 0 Å². The molecule has 4 heterocycles. The van der Waals surface area contributed by atoms with E-state index in [1.54, 1.807) is 0 Å². The second kappa shape index (κ2) is 12.8. The molecule has 0 aliphatic carbocycles. The number of fused-ring (bicyclic) bond motifs is 9. The molecule has 8 aromatic carbocycles. The van der Waals surface area contributed by atoms with E-state index in [1.165, 1.54) is 79.0 Å². The van der Waals surface area contributed by atoms with E-state index in [1.807, 2.05) is 59.1 Å². The molecule has 0 spiro atoms. The van der Waals surface area contributed by atoms with Gasteiger partial charge in [0.05, 0.1) is 11.0 Å². The van der Waals surface area contributed by atoms with Crippen molar-refractivity contribution in [2.24, 2.45) is 0 Å². The molecule has 0 atom stereocenters. The Bertz CT molecular complexity index is 3410. The van der Waals surface area contributed by atoms with Gasteiger partial charge in [0.15, 0.2) is 17.5 Å². The summed E-state index contributed by atoms with van der Waals surface area (Å²) < 4.78 is 7.45. The summed E-state index contributed by atoms with van der Waals surface area (Å²) in [6.07, 6.45) is 0. The second-order valence-electron chi connectivity index (χ2n) is 14.4. The molecule has 0 saturated carbocycles. The molecular formula is C51H30N4S2. The van der Waals surface area contributed by atoms with E-state index in [2.05, 4.69) is 150 Å². The van der Waals surface area contributed by atoms with E-state index < -0.39 is 0 Å². The molecule has 6 heteroatoms. The van der Waals surface area contributed by atoms with Crippen molar-refractivity contribution in [3.8, 4) is 51.0 Å². The van der Waals surface area contributed by atoms with Crippen LogP contribution in [0.2, 0.25) is 0 Å². The highest BCUT2D eigenvalue weighted by Gasteiger charge is 2.19. The molecular weight excluding hydrogens is 733 g/mol. The number of thiophene rings is 2. The van der Waals surface area contributed by atoms with Crippen molar-refractivity contribution in [2.45, 2.75) is 0 Å². The van der Waals surface area contributed by atoms with Crippen LogP contribution < -0.4 is 0 Å². The van der Waals surface area contributed by atoms with Crippen LogP contribution >= 0.6 is 22.7 Å². The number of para-hydroxylation sites is 2. The lowest BCUT2D eigenvalue weighted by molar-refractivity contribution is 1.08. The Morgan fingerprint density at radius 2 is 0.965 bits per heavy atom. The fourth-order valence-corrected chi connectivity index (χ4v) is 10.9. The molecule has 0 N–H and O–H groups in total. The van der Waals surface area contributed by atoms with Crippen molar-refractivity contribution in [1.29, 1.82) is 0 Å². The van der Waals surface area contributed by atoms with E-state index in [9.17, 15) is 0 Å². The maximum absolute atomic E-state index is 5.09. The van der Waals surface area contributed by atoms with Gasteiger partial charge in [-0.25, -0.2) is 15.0 Å². The van der Waals surface area contributed by atoms with Crippen LogP contribution in [0, 0.1) is 0 Å². The quantitative estimate of drug-likeness (QED) is 0.175. The summed E-state index contributed by atoms with van der Waals surface area (Å²) in [7, 11) is 0. The molecule has 0 aliphatic heterocycles. The first-order valence-corrected chi connectivity index (χ1v) is 20.7. The molecule has 4 aromatic heterocycles. The fraction of sp³-hybridized carbons (Fsp3) is 0. The maximum Gasteiger partial charge on any atom is 0.164 e. The molecule has 0 saturated heterocycles. The third-order valence-corrected chi connectivity index (χ3v) is 13.4. The van der Waals surface area contributed by atoms with Gasteiger partial charge in [-0.2, -0.15) is 0 Å². The van der Waals surface area contributed by atoms with Gasteiger partial charge in [0.1, 0.15) is 0 Å². The zero-order valence-corrected chi connectivity index (χ0v) is 32.1. The first-order chi connectivity index (χ1) is 28.2. The number of hydrogen-bond donors (Lipinski definition) is 0. The van der Waals surface area contributed by atoms with Crippen LogP contribution in [0.4, 0.5) is 0 Å². The summed E-state index contributed by atoms with van der Waals surface area (Å²) in [4.78, 5) is 15.1. The Morgan fingerprint density at radius 1 is 0.351 bits per heavy atom. The Morgan fingerprint density at radius 3 is 1.68 bits per heavy atom. The molecule has 4 nitrogen and oxygen atoms in total. The number of benzene rings is 8. The molecule has 0 aliphatic rings. The molecule has 0 radical (unpaired) electrons. The fourth-order valence-electron chi connectivity index (χ4n) is 8.46. The van der Waals surface area contributed by atoms with E-state index in [-0.39, 0.29) is 0 Å². The van der Waals surface area contributed by atoms with Gasteiger partial charge in [-0.15, -0.1) is 22.7 Å². The highest BCUT2D eigenvalue weighted by molar-refractivity contribution is 7.26. The highest BCUT2D eigenvalue weighted by Crippen LogP contribution is 2.45. The predicted molar refractivity (Wildman–Crippen MR) is 242 cm³/mol. The smallest absolute Gasteiger partial charge is 0.164 e. The molecule has 266 valence electrons. The van der Waals surface area contributed by atoms with E-state index in [0.717, 1.165) is 16.7 Å². The van der Waals surface area contributed by atoms with Crippen LogP contribution in [0.15, 0.2) is 182 Å². The second-order valence-corrected chi connectivity index (χ2v) is 16.5. The highest BCUT2D eigenvalue weighted by atomic mass is 32.1. The minimum atomic E-state index is 0.664. The largest absolute Gasteiger partial charge is 0.309 e. The lowest BCUT2D eigenvalue weighted by Crippen LogP contribution is -2.00. The Balaban J connectivity index is 0.994. The van der Waals surface area contributed by atoms with Gasteiger partial charge in [0.2, 0.25) is 0 Å².